The predicted octanol–water partition coefficient (Wildman–Crippen LogP) is 2.51. The molecule has 0 radical (unpaired) electrons. The Bertz CT molecular complexity index is 1040. The SMILES string of the molecule is COCCOc1nc(N)c2[nH]c(=O)n(Cc3cccc(CCCC4CC4)c3)c2n1. The van der Waals surface area contributed by atoms with Crippen LogP contribution in [-0.2, 0) is 17.7 Å². The van der Waals surface area contributed by atoms with Crippen molar-refractivity contribution in [3.05, 3.63) is 45.9 Å². The average molecular weight is 397 g/mol. The number of aromatic nitrogens is 4. The lowest BCUT2D eigenvalue weighted by Crippen LogP contribution is -2.18. The van der Waals surface area contributed by atoms with Gasteiger partial charge >= 0.3 is 11.7 Å². The lowest BCUT2D eigenvalue weighted by atomic mass is 10.0. The van der Waals surface area contributed by atoms with Gasteiger partial charge in [-0.05, 0) is 29.9 Å². The van der Waals surface area contributed by atoms with E-state index in [9.17, 15) is 4.79 Å². The minimum Gasteiger partial charge on any atom is -0.461 e. The van der Waals surface area contributed by atoms with Gasteiger partial charge in [-0.3, -0.25) is 4.57 Å². The number of imidazole rings is 1. The van der Waals surface area contributed by atoms with Crippen molar-refractivity contribution in [2.75, 3.05) is 26.1 Å². The number of anilines is 1. The first-order valence-electron chi connectivity index (χ1n) is 10.1. The molecule has 154 valence electrons. The molecule has 0 amide bonds. The zero-order valence-electron chi connectivity index (χ0n) is 16.7. The lowest BCUT2D eigenvalue weighted by molar-refractivity contribution is 0.141. The molecular formula is C21H27N5O3. The number of hydrogen-bond donors (Lipinski definition) is 2. The number of fused-ring (bicyclic) bond motifs is 1. The summed E-state index contributed by atoms with van der Waals surface area (Å²) in [5.41, 5.74) is 8.95. The van der Waals surface area contributed by atoms with Crippen molar-refractivity contribution in [1.29, 1.82) is 0 Å². The van der Waals surface area contributed by atoms with Crippen LogP contribution < -0.4 is 16.2 Å². The van der Waals surface area contributed by atoms with Gasteiger partial charge < -0.3 is 20.2 Å². The highest BCUT2D eigenvalue weighted by Gasteiger charge is 2.20. The number of nitrogen functional groups attached to an aromatic ring is 1. The highest BCUT2D eigenvalue weighted by atomic mass is 16.5. The normalized spacial score (nSPS) is 13.8. The van der Waals surface area contributed by atoms with Gasteiger partial charge in [0.25, 0.3) is 0 Å². The van der Waals surface area contributed by atoms with Crippen molar-refractivity contribution >= 4 is 17.0 Å². The lowest BCUT2D eigenvalue weighted by Gasteiger charge is -2.08. The minimum absolute atomic E-state index is 0.133. The molecule has 8 nitrogen and oxygen atoms in total. The molecule has 0 spiro atoms. The Kier molecular flexibility index (Phi) is 5.80. The standard InChI is InChI=1S/C21H27N5O3/c1-28-10-11-29-20-24-18(22)17-19(25-20)26(21(27)23-17)13-16-7-3-6-15(12-16)5-2-4-14-8-9-14/h3,6-7,12,14H,2,4-5,8-11,13H2,1H3,(H,23,27)(H2,22,24,25). The highest BCUT2D eigenvalue weighted by Crippen LogP contribution is 2.33. The second-order valence-electron chi connectivity index (χ2n) is 7.60. The number of nitrogens with one attached hydrogen (secondary N) is 1. The topological polar surface area (TPSA) is 108 Å². The van der Waals surface area contributed by atoms with E-state index < -0.39 is 0 Å². The zero-order chi connectivity index (χ0) is 20.2. The summed E-state index contributed by atoms with van der Waals surface area (Å²) in [6.45, 7) is 1.12. The fourth-order valence-electron chi connectivity index (χ4n) is 3.53. The number of rotatable bonds is 10. The molecule has 3 N–H and O–H groups in total. The molecule has 0 unspecified atom stereocenters. The number of hydrogen-bond acceptors (Lipinski definition) is 6. The Morgan fingerprint density at radius 1 is 1.24 bits per heavy atom. The summed E-state index contributed by atoms with van der Waals surface area (Å²) < 4.78 is 12.0. The second-order valence-corrected chi connectivity index (χ2v) is 7.60. The average Bonchev–Trinajstić information content (AvgIpc) is 3.47. The molecule has 29 heavy (non-hydrogen) atoms. The maximum atomic E-state index is 12.5. The molecule has 1 aliphatic rings. The Labute approximate surface area is 169 Å². The number of benzene rings is 1. The van der Waals surface area contributed by atoms with Gasteiger partial charge in [-0.2, -0.15) is 9.97 Å². The van der Waals surface area contributed by atoms with E-state index in [1.807, 2.05) is 12.1 Å². The molecule has 2 heterocycles. The van der Waals surface area contributed by atoms with Crippen LogP contribution in [0.15, 0.2) is 29.1 Å². The Balaban J connectivity index is 1.55. The first-order valence-corrected chi connectivity index (χ1v) is 10.1. The van der Waals surface area contributed by atoms with Gasteiger partial charge in [-0.25, -0.2) is 4.79 Å². The van der Waals surface area contributed by atoms with Crippen LogP contribution in [0.2, 0.25) is 0 Å². The third-order valence-corrected chi connectivity index (χ3v) is 5.26. The van der Waals surface area contributed by atoms with Crippen molar-refractivity contribution < 1.29 is 9.47 Å². The van der Waals surface area contributed by atoms with Crippen LogP contribution in [0.3, 0.4) is 0 Å². The van der Waals surface area contributed by atoms with Gasteiger partial charge in [-0.1, -0.05) is 43.5 Å². The van der Waals surface area contributed by atoms with Gasteiger partial charge in [-0.15, -0.1) is 0 Å². The van der Waals surface area contributed by atoms with Crippen LogP contribution in [0.25, 0.3) is 11.2 Å². The van der Waals surface area contributed by atoms with E-state index in [1.165, 1.54) is 31.2 Å². The maximum Gasteiger partial charge on any atom is 0.328 e. The molecule has 1 aliphatic carbocycles. The fraction of sp³-hybridized carbons (Fsp3) is 0.476. The smallest absolute Gasteiger partial charge is 0.328 e. The number of ether oxygens (including phenoxy) is 2. The summed E-state index contributed by atoms with van der Waals surface area (Å²) in [6, 6.07) is 8.52. The van der Waals surface area contributed by atoms with E-state index in [4.69, 9.17) is 15.2 Å². The Morgan fingerprint density at radius 2 is 2.07 bits per heavy atom. The molecule has 1 aromatic carbocycles. The van der Waals surface area contributed by atoms with Gasteiger partial charge in [0.05, 0.1) is 13.2 Å². The predicted molar refractivity (Wildman–Crippen MR) is 111 cm³/mol. The third kappa shape index (κ3) is 4.76. The fourth-order valence-corrected chi connectivity index (χ4v) is 3.53. The van der Waals surface area contributed by atoms with Crippen LogP contribution in [0.4, 0.5) is 5.82 Å². The number of nitrogens with zero attached hydrogens (tertiary/aromatic N) is 3. The Hall–Kier alpha value is -2.87. The minimum atomic E-state index is -0.269. The summed E-state index contributed by atoms with van der Waals surface area (Å²) in [4.78, 5) is 23.8. The molecule has 0 bridgehead atoms. The number of nitrogens with two attached hydrogens (primary N) is 1. The summed E-state index contributed by atoms with van der Waals surface area (Å²) >= 11 is 0. The maximum absolute atomic E-state index is 12.5. The summed E-state index contributed by atoms with van der Waals surface area (Å²) in [7, 11) is 1.59. The van der Waals surface area contributed by atoms with Gasteiger partial charge in [0, 0.05) is 7.11 Å². The van der Waals surface area contributed by atoms with Crippen molar-refractivity contribution in [3.8, 4) is 6.01 Å². The van der Waals surface area contributed by atoms with Crippen molar-refractivity contribution in [2.45, 2.75) is 38.6 Å². The van der Waals surface area contributed by atoms with E-state index in [0.29, 0.717) is 30.9 Å². The number of aromatic amines is 1. The largest absolute Gasteiger partial charge is 0.461 e. The van der Waals surface area contributed by atoms with Crippen molar-refractivity contribution in [1.82, 2.24) is 19.5 Å². The molecule has 1 saturated carbocycles. The van der Waals surface area contributed by atoms with Crippen molar-refractivity contribution in [3.63, 3.8) is 0 Å². The van der Waals surface area contributed by atoms with Gasteiger partial charge in [0.1, 0.15) is 12.1 Å². The Morgan fingerprint density at radius 3 is 2.86 bits per heavy atom. The first-order chi connectivity index (χ1) is 14.1. The molecular weight excluding hydrogens is 370 g/mol. The second kappa shape index (κ2) is 8.65. The summed E-state index contributed by atoms with van der Waals surface area (Å²) in [6.07, 6.45) is 6.39. The van der Waals surface area contributed by atoms with E-state index in [2.05, 4.69) is 27.1 Å². The number of methoxy groups -OCH3 is 1. The van der Waals surface area contributed by atoms with Crippen molar-refractivity contribution in [2.24, 2.45) is 5.92 Å². The van der Waals surface area contributed by atoms with E-state index in [-0.39, 0.29) is 17.5 Å². The zero-order valence-corrected chi connectivity index (χ0v) is 16.7. The molecule has 1 fully saturated rings. The van der Waals surface area contributed by atoms with Crippen LogP contribution in [-0.4, -0.2) is 39.8 Å². The first kappa shape index (κ1) is 19.4. The summed E-state index contributed by atoms with van der Waals surface area (Å²) in [5, 5.41) is 0. The number of H-pyrrole nitrogens is 1. The molecule has 0 saturated heterocycles. The van der Waals surface area contributed by atoms with Crippen LogP contribution in [0, 0.1) is 5.92 Å². The molecule has 0 atom stereocenters. The van der Waals surface area contributed by atoms with E-state index in [1.54, 1.807) is 11.7 Å². The molecule has 8 heteroatoms. The molecule has 4 rings (SSSR count). The molecule has 2 aromatic heterocycles. The van der Waals surface area contributed by atoms with Crippen LogP contribution >= 0.6 is 0 Å². The number of aryl methyl sites for hydroxylation is 1. The summed E-state index contributed by atoms with van der Waals surface area (Å²) in [5.74, 6) is 1.14. The van der Waals surface area contributed by atoms with Gasteiger partial charge in [0.2, 0.25) is 0 Å². The molecule has 3 aromatic rings. The van der Waals surface area contributed by atoms with Crippen LogP contribution in [0.1, 0.15) is 36.8 Å². The quantitative estimate of drug-likeness (QED) is 0.509. The van der Waals surface area contributed by atoms with E-state index >= 15 is 0 Å². The van der Waals surface area contributed by atoms with E-state index in [0.717, 1.165) is 17.9 Å². The third-order valence-electron chi connectivity index (χ3n) is 5.26. The monoisotopic (exact) mass is 397 g/mol. The highest BCUT2D eigenvalue weighted by molar-refractivity contribution is 5.81. The molecule has 0 aliphatic heterocycles. The van der Waals surface area contributed by atoms with Gasteiger partial charge in [0.15, 0.2) is 11.5 Å². The van der Waals surface area contributed by atoms with Crippen LogP contribution in [0.5, 0.6) is 6.01 Å².